The summed E-state index contributed by atoms with van der Waals surface area (Å²) in [6, 6.07) is 12.8. The molecule has 1 atom stereocenters. The van der Waals surface area contributed by atoms with Gasteiger partial charge in [-0.25, -0.2) is 4.39 Å². The van der Waals surface area contributed by atoms with Crippen molar-refractivity contribution in [2.45, 2.75) is 18.9 Å². The smallest absolute Gasteiger partial charge is 0.303 e. The number of hydrogen-bond donors (Lipinski definition) is 2. The topological polar surface area (TPSA) is 94.9 Å². The monoisotopic (exact) mass is 383 g/mol. The van der Waals surface area contributed by atoms with E-state index in [0.717, 1.165) is 12.1 Å². The van der Waals surface area contributed by atoms with Crippen LogP contribution in [0.5, 0.6) is 0 Å². The first kappa shape index (κ1) is 19.3. The number of aliphatic hydroxyl groups excluding tert-OH is 1. The maximum atomic E-state index is 13.2. The lowest BCUT2D eigenvalue weighted by Gasteiger charge is -2.25. The van der Waals surface area contributed by atoms with Gasteiger partial charge in [0, 0.05) is 18.5 Å². The Morgan fingerprint density at radius 3 is 2.25 bits per heavy atom. The fraction of sp³-hybridized carbons (Fsp3) is 0.190. The molecule has 28 heavy (non-hydrogen) atoms. The van der Waals surface area contributed by atoms with Gasteiger partial charge in [-0.3, -0.25) is 14.4 Å². The fourth-order valence-corrected chi connectivity index (χ4v) is 3.26. The molecule has 0 bridgehead atoms. The van der Waals surface area contributed by atoms with Gasteiger partial charge >= 0.3 is 5.97 Å². The Labute approximate surface area is 160 Å². The van der Waals surface area contributed by atoms with Crippen LogP contribution >= 0.6 is 0 Å². The third-order valence-electron chi connectivity index (χ3n) is 4.56. The molecule has 6 nitrogen and oxygen atoms in total. The van der Waals surface area contributed by atoms with Crippen LogP contribution in [0, 0.1) is 5.82 Å². The van der Waals surface area contributed by atoms with E-state index in [2.05, 4.69) is 0 Å². The molecule has 0 aliphatic carbocycles. The maximum Gasteiger partial charge on any atom is 0.303 e. The third kappa shape index (κ3) is 3.78. The van der Waals surface area contributed by atoms with Crippen LogP contribution in [0.1, 0.15) is 30.0 Å². The van der Waals surface area contributed by atoms with Gasteiger partial charge < -0.3 is 15.1 Å². The number of hydrogen-bond acceptors (Lipinski definition) is 4. The number of nitrogens with zero attached hydrogens (tertiary/aromatic N) is 1. The first-order chi connectivity index (χ1) is 13.4. The number of Topliss-reactive ketones (excluding diaryl/α,β-unsaturated/α-hetero) is 1. The van der Waals surface area contributed by atoms with Gasteiger partial charge in [0.05, 0.1) is 11.6 Å². The summed E-state index contributed by atoms with van der Waals surface area (Å²) < 4.78 is 13.2. The molecule has 2 aromatic rings. The van der Waals surface area contributed by atoms with E-state index < -0.39 is 35.3 Å². The van der Waals surface area contributed by atoms with Crippen LogP contribution in [-0.2, 0) is 14.4 Å². The summed E-state index contributed by atoms with van der Waals surface area (Å²) >= 11 is 0. The molecule has 1 saturated heterocycles. The van der Waals surface area contributed by atoms with Crippen molar-refractivity contribution < 1.29 is 29.0 Å². The molecule has 0 unspecified atom stereocenters. The van der Waals surface area contributed by atoms with Crippen molar-refractivity contribution in [3.8, 4) is 0 Å². The van der Waals surface area contributed by atoms with Crippen molar-refractivity contribution in [1.29, 1.82) is 0 Å². The zero-order valence-corrected chi connectivity index (χ0v) is 14.8. The number of carbonyl (C=O) groups is 3. The van der Waals surface area contributed by atoms with E-state index in [4.69, 9.17) is 5.11 Å². The second-order valence-corrected chi connectivity index (χ2v) is 6.41. The van der Waals surface area contributed by atoms with E-state index >= 15 is 0 Å². The molecule has 3 rings (SSSR count). The Balaban J connectivity index is 2.07. The van der Waals surface area contributed by atoms with Gasteiger partial charge in [-0.15, -0.1) is 0 Å². The second kappa shape index (κ2) is 8.04. The average Bonchev–Trinajstić information content (AvgIpc) is 2.93. The van der Waals surface area contributed by atoms with Gasteiger partial charge in [0.25, 0.3) is 11.7 Å². The average molecular weight is 383 g/mol. The summed E-state index contributed by atoms with van der Waals surface area (Å²) in [5, 5.41) is 19.6. The summed E-state index contributed by atoms with van der Waals surface area (Å²) in [5.41, 5.74) is 0.727. The van der Waals surface area contributed by atoms with Crippen LogP contribution in [-0.4, -0.2) is 39.3 Å². The van der Waals surface area contributed by atoms with E-state index in [1.807, 2.05) is 0 Å². The van der Waals surface area contributed by atoms with Gasteiger partial charge in [0.1, 0.15) is 11.6 Å². The first-order valence-corrected chi connectivity index (χ1v) is 8.71. The number of aliphatic hydroxyl groups is 1. The summed E-state index contributed by atoms with van der Waals surface area (Å²) in [6.45, 7) is 0.0522. The molecule has 0 spiro atoms. The minimum absolute atomic E-state index is 0.0522. The summed E-state index contributed by atoms with van der Waals surface area (Å²) in [5.74, 6) is -3.55. The van der Waals surface area contributed by atoms with Crippen LogP contribution in [0.25, 0.3) is 5.76 Å². The highest BCUT2D eigenvalue weighted by Crippen LogP contribution is 2.39. The number of carbonyl (C=O) groups excluding carboxylic acids is 2. The zero-order chi connectivity index (χ0) is 20.3. The van der Waals surface area contributed by atoms with Crippen molar-refractivity contribution in [3.05, 3.63) is 77.1 Å². The number of aliphatic carboxylic acids is 1. The number of carboxylic acids is 1. The number of carboxylic acid groups (broad SMARTS) is 1. The maximum absolute atomic E-state index is 13.2. The number of amides is 1. The number of halogens is 1. The molecule has 0 radical (unpaired) electrons. The lowest BCUT2D eigenvalue weighted by molar-refractivity contribution is -0.140. The van der Waals surface area contributed by atoms with Gasteiger partial charge in [-0.1, -0.05) is 30.3 Å². The molecule has 1 aliphatic heterocycles. The minimum Gasteiger partial charge on any atom is -0.507 e. The molecule has 7 heteroatoms. The van der Waals surface area contributed by atoms with Crippen molar-refractivity contribution in [1.82, 2.24) is 4.90 Å². The summed E-state index contributed by atoms with van der Waals surface area (Å²) in [4.78, 5) is 37.3. The number of rotatable bonds is 6. The largest absolute Gasteiger partial charge is 0.507 e. The van der Waals surface area contributed by atoms with Crippen LogP contribution in [0.15, 0.2) is 60.2 Å². The molecule has 2 aromatic carbocycles. The highest BCUT2D eigenvalue weighted by molar-refractivity contribution is 6.46. The molecule has 0 aromatic heterocycles. The predicted molar refractivity (Wildman–Crippen MR) is 98.7 cm³/mol. The zero-order valence-electron chi connectivity index (χ0n) is 14.8. The van der Waals surface area contributed by atoms with E-state index in [9.17, 15) is 23.9 Å². The Morgan fingerprint density at radius 2 is 1.64 bits per heavy atom. The molecular weight excluding hydrogens is 365 g/mol. The first-order valence-electron chi connectivity index (χ1n) is 8.71. The van der Waals surface area contributed by atoms with Gasteiger partial charge in [0.15, 0.2) is 0 Å². The lowest BCUT2D eigenvalue weighted by Crippen LogP contribution is -2.31. The van der Waals surface area contributed by atoms with E-state index in [0.29, 0.717) is 5.56 Å². The standard InChI is InChI=1S/C21H18FNO5/c22-15-10-8-14(9-11-15)19(26)17-18(13-5-2-1-3-6-13)23(21(28)20(17)27)12-4-7-16(24)25/h1-3,5-6,8-11,18,26H,4,7,12H2,(H,24,25)/t18-/m1/s1. The Hall–Kier alpha value is -3.48. The minimum atomic E-state index is -1.00. The van der Waals surface area contributed by atoms with Crippen molar-refractivity contribution in [2.75, 3.05) is 6.54 Å². The van der Waals surface area contributed by atoms with Crippen LogP contribution in [0.2, 0.25) is 0 Å². The molecule has 0 saturated carbocycles. The Bertz CT molecular complexity index is 937. The van der Waals surface area contributed by atoms with Gasteiger partial charge in [-0.2, -0.15) is 0 Å². The highest BCUT2D eigenvalue weighted by atomic mass is 19.1. The fourth-order valence-electron chi connectivity index (χ4n) is 3.26. The van der Waals surface area contributed by atoms with Crippen molar-refractivity contribution >= 4 is 23.4 Å². The van der Waals surface area contributed by atoms with Crippen LogP contribution < -0.4 is 0 Å². The molecule has 1 fully saturated rings. The molecule has 1 amide bonds. The quantitative estimate of drug-likeness (QED) is 0.454. The van der Waals surface area contributed by atoms with E-state index in [1.165, 1.54) is 17.0 Å². The summed E-state index contributed by atoms with van der Waals surface area (Å²) in [6.07, 6.45) is 0.0186. The van der Waals surface area contributed by atoms with Gasteiger partial charge in [-0.05, 0) is 36.2 Å². The highest BCUT2D eigenvalue weighted by Gasteiger charge is 2.45. The molecule has 1 aliphatic rings. The molecule has 144 valence electrons. The normalized spacial score (nSPS) is 18.5. The van der Waals surface area contributed by atoms with Crippen molar-refractivity contribution in [3.63, 3.8) is 0 Å². The Morgan fingerprint density at radius 1 is 1.00 bits per heavy atom. The molecular formula is C21H18FNO5. The Kier molecular flexibility index (Phi) is 5.54. The third-order valence-corrected chi connectivity index (χ3v) is 4.56. The van der Waals surface area contributed by atoms with Crippen LogP contribution in [0.4, 0.5) is 4.39 Å². The van der Waals surface area contributed by atoms with E-state index in [1.54, 1.807) is 30.3 Å². The SMILES string of the molecule is O=C(O)CCCN1C(=O)C(=O)C(=C(O)c2ccc(F)cc2)[C@H]1c1ccccc1. The molecule has 1 heterocycles. The predicted octanol–water partition coefficient (Wildman–Crippen LogP) is 3.11. The van der Waals surface area contributed by atoms with Crippen LogP contribution in [0.3, 0.4) is 0 Å². The summed E-state index contributed by atoms with van der Waals surface area (Å²) in [7, 11) is 0. The molecule has 2 N–H and O–H groups in total. The second-order valence-electron chi connectivity index (χ2n) is 6.41. The number of ketones is 1. The lowest BCUT2D eigenvalue weighted by atomic mass is 9.95. The van der Waals surface area contributed by atoms with E-state index in [-0.39, 0.29) is 30.5 Å². The number of likely N-dealkylation sites (tertiary alicyclic amines) is 1. The number of benzene rings is 2. The van der Waals surface area contributed by atoms with Crippen molar-refractivity contribution in [2.24, 2.45) is 0 Å². The van der Waals surface area contributed by atoms with Gasteiger partial charge in [0.2, 0.25) is 0 Å².